The van der Waals surface area contributed by atoms with Crippen molar-refractivity contribution in [3.63, 3.8) is 0 Å². The molecule has 0 atom stereocenters. The first-order valence-corrected chi connectivity index (χ1v) is 18.0. The molecule has 0 fully saturated rings. The summed E-state index contributed by atoms with van der Waals surface area (Å²) in [5, 5.41) is 1.91. The van der Waals surface area contributed by atoms with E-state index in [1.165, 1.54) is 16.9 Å². The molecule has 5 aliphatic heterocycles. The summed E-state index contributed by atoms with van der Waals surface area (Å²) in [7, 11) is 0. The zero-order valence-corrected chi connectivity index (χ0v) is 23.3. The Bertz CT molecular complexity index is 736. The van der Waals surface area contributed by atoms with Crippen molar-refractivity contribution in [2.75, 3.05) is 25.7 Å². The van der Waals surface area contributed by atoms with E-state index in [0.29, 0.717) is 43.1 Å². The van der Waals surface area contributed by atoms with Gasteiger partial charge in [-0.1, -0.05) is 0 Å². The number of hydrogen-bond acceptors (Lipinski definition) is 10. The molecule has 0 amide bonds. The summed E-state index contributed by atoms with van der Waals surface area (Å²) in [6.45, 7) is 1.33. The summed E-state index contributed by atoms with van der Waals surface area (Å²) in [6.07, 6.45) is 4.46. The van der Waals surface area contributed by atoms with Gasteiger partial charge in [-0.05, 0) is 0 Å². The van der Waals surface area contributed by atoms with Gasteiger partial charge >= 0.3 is 202 Å². The quantitative estimate of drug-likeness (QED) is 0.327. The van der Waals surface area contributed by atoms with Gasteiger partial charge in [0, 0.05) is 0 Å². The SMILES string of the molecule is CSC1=C(SC)[Se]C(=C2SC3=C(SC(=C4SC5=C(OCCO5)S4)S3)S2)[Se]1. The van der Waals surface area contributed by atoms with Gasteiger partial charge in [0.1, 0.15) is 0 Å². The maximum atomic E-state index is 5.72. The van der Waals surface area contributed by atoms with E-state index in [1.54, 1.807) is 38.7 Å². The Morgan fingerprint density at radius 3 is 1.54 bits per heavy atom. The van der Waals surface area contributed by atoms with Gasteiger partial charge in [-0.2, -0.15) is 0 Å². The van der Waals surface area contributed by atoms with Crippen LogP contribution in [0, 0.1) is 0 Å². The molecular formula is C14H10O2S8Se2. The van der Waals surface area contributed by atoms with E-state index >= 15 is 0 Å². The molecule has 5 rings (SSSR count). The third kappa shape index (κ3) is 3.89. The Morgan fingerprint density at radius 2 is 1.08 bits per heavy atom. The molecule has 0 spiro atoms. The Morgan fingerprint density at radius 1 is 0.654 bits per heavy atom. The van der Waals surface area contributed by atoms with E-state index in [1.807, 2.05) is 70.6 Å². The van der Waals surface area contributed by atoms with Gasteiger partial charge in [0.2, 0.25) is 0 Å². The molecule has 0 aromatic heterocycles. The molecule has 0 aromatic carbocycles. The van der Waals surface area contributed by atoms with E-state index in [9.17, 15) is 0 Å². The molecule has 5 aliphatic rings. The van der Waals surface area contributed by atoms with Gasteiger partial charge < -0.3 is 0 Å². The second kappa shape index (κ2) is 8.71. The summed E-state index contributed by atoms with van der Waals surface area (Å²) in [5.74, 6) is 0. The molecule has 0 N–H and O–H groups in total. The van der Waals surface area contributed by atoms with Gasteiger partial charge in [-0.25, -0.2) is 0 Å². The van der Waals surface area contributed by atoms with Crippen LogP contribution in [0.5, 0.6) is 0 Å². The molecule has 26 heavy (non-hydrogen) atoms. The standard InChI is InChI=1S/C14H10O2S8Se2/c1-17-12-13(18-2)26-14(25-12)11-23-9-10(24-11)22-8(21-9)7-19-5-6(20-7)16-4-3-15-5/h3-4H2,1-2H3. The normalized spacial score (nSPS) is 25.5. The molecule has 0 aromatic rings. The van der Waals surface area contributed by atoms with Gasteiger partial charge in [0.15, 0.2) is 0 Å². The van der Waals surface area contributed by atoms with Crippen molar-refractivity contribution in [3.05, 3.63) is 42.3 Å². The fourth-order valence-electron chi connectivity index (χ4n) is 2.16. The number of rotatable bonds is 2. The molecule has 0 aliphatic carbocycles. The van der Waals surface area contributed by atoms with Gasteiger partial charge in [0.05, 0.1) is 0 Å². The second-order valence-corrected chi connectivity index (χ2v) is 20.5. The van der Waals surface area contributed by atoms with Crippen LogP contribution in [0.2, 0.25) is 0 Å². The van der Waals surface area contributed by atoms with Crippen molar-refractivity contribution < 1.29 is 9.47 Å². The summed E-state index contributed by atoms with van der Waals surface area (Å²) in [5.41, 5.74) is 0. The van der Waals surface area contributed by atoms with E-state index in [0.717, 1.165) is 10.2 Å². The second-order valence-electron chi connectivity index (χ2n) is 4.80. The number of ether oxygens (including phenoxy) is 2. The van der Waals surface area contributed by atoms with Crippen LogP contribution < -0.4 is 0 Å². The first kappa shape index (κ1) is 20.1. The van der Waals surface area contributed by atoms with Crippen molar-refractivity contribution >= 4 is 124 Å². The third-order valence-corrected chi connectivity index (χ3v) is 23.5. The fourth-order valence-corrected chi connectivity index (χ4v) is 23.0. The molecule has 5 heterocycles. The summed E-state index contributed by atoms with van der Waals surface area (Å²) in [6, 6.07) is 0. The summed E-state index contributed by atoms with van der Waals surface area (Å²) >= 11 is 16.4. The molecule has 2 nitrogen and oxygen atoms in total. The number of thioether (sulfide) groups is 8. The first-order valence-electron chi connectivity index (χ1n) is 7.23. The van der Waals surface area contributed by atoms with Crippen LogP contribution in [0.3, 0.4) is 0 Å². The van der Waals surface area contributed by atoms with Crippen molar-refractivity contribution in [1.29, 1.82) is 0 Å². The average Bonchev–Trinajstić information content (AvgIpc) is 3.39. The van der Waals surface area contributed by atoms with Gasteiger partial charge in [0.25, 0.3) is 0 Å². The molecule has 12 heteroatoms. The van der Waals surface area contributed by atoms with E-state index in [4.69, 9.17) is 9.47 Å². The van der Waals surface area contributed by atoms with E-state index < -0.39 is 0 Å². The maximum absolute atomic E-state index is 5.72. The van der Waals surface area contributed by atoms with Crippen LogP contribution in [0.1, 0.15) is 0 Å². The van der Waals surface area contributed by atoms with Gasteiger partial charge in [-0.15, -0.1) is 0 Å². The van der Waals surface area contributed by atoms with Crippen molar-refractivity contribution in [2.45, 2.75) is 0 Å². The van der Waals surface area contributed by atoms with Crippen LogP contribution >= 0.6 is 94.1 Å². The molecule has 0 saturated heterocycles. The fraction of sp³-hybridized carbons (Fsp3) is 0.286. The molecule has 138 valence electrons. The predicted octanol–water partition coefficient (Wildman–Crippen LogP) is 6.25. The molecule has 0 bridgehead atoms. The zero-order valence-electron chi connectivity index (χ0n) is 13.3. The van der Waals surface area contributed by atoms with Gasteiger partial charge in [-0.3, -0.25) is 0 Å². The number of hydrogen-bond donors (Lipinski definition) is 0. The Kier molecular flexibility index (Phi) is 6.72. The molecule has 0 saturated carbocycles. The molecular weight excluding hydrogens is 615 g/mol. The summed E-state index contributed by atoms with van der Waals surface area (Å²) < 4.78 is 23.7. The van der Waals surface area contributed by atoms with E-state index in [-0.39, 0.29) is 0 Å². The monoisotopic (exact) mass is 626 g/mol. The van der Waals surface area contributed by atoms with Crippen molar-refractivity contribution in [1.82, 2.24) is 0 Å². The van der Waals surface area contributed by atoms with Crippen molar-refractivity contribution in [3.8, 4) is 0 Å². The minimum atomic E-state index is 0.554. The predicted molar refractivity (Wildman–Crippen MR) is 131 cm³/mol. The third-order valence-electron chi connectivity index (χ3n) is 3.24. The minimum absolute atomic E-state index is 0.554. The molecule has 0 unspecified atom stereocenters. The molecule has 0 radical (unpaired) electrons. The van der Waals surface area contributed by atoms with Crippen LogP contribution in [0.25, 0.3) is 0 Å². The van der Waals surface area contributed by atoms with Crippen LogP contribution in [-0.4, -0.2) is 55.6 Å². The Hall–Kier alpha value is 2.14. The first-order chi connectivity index (χ1) is 12.7. The topological polar surface area (TPSA) is 18.5 Å². The zero-order chi connectivity index (χ0) is 17.7. The average molecular weight is 625 g/mol. The van der Waals surface area contributed by atoms with Crippen molar-refractivity contribution in [2.24, 2.45) is 0 Å². The van der Waals surface area contributed by atoms with Crippen LogP contribution in [0.4, 0.5) is 0 Å². The Balaban J connectivity index is 1.27. The van der Waals surface area contributed by atoms with Crippen LogP contribution in [0.15, 0.2) is 42.3 Å². The van der Waals surface area contributed by atoms with Crippen LogP contribution in [-0.2, 0) is 9.47 Å². The summed E-state index contributed by atoms with van der Waals surface area (Å²) in [4.78, 5) is 0. The Labute approximate surface area is 199 Å². The van der Waals surface area contributed by atoms with E-state index in [2.05, 4.69) is 12.5 Å².